The van der Waals surface area contributed by atoms with Gasteiger partial charge in [0.15, 0.2) is 5.11 Å². The zero-order valence-corrected chi connectivity index (χ0v) is 17.4. The summed E-state index contributed by atoms with van der Waals surface area (Å²) >= 11 is 10.9. The first-order chi connectivity index (χ1) is 13.5. The van der Waals surface area contributed by atoms with E-state index >= 15 is 0 Å². The van der Waals surface area contributed by atoms with Gasteiger partial charge in [-0.2, -0.15) is 0 Å². The van der Waals surface area contributed by atoms with E-state index in [1.165, 1.54) is 6.20 Å². The van der Waals surface area contributed by atoms with E-state index in [4.69, 9.17) is 38.4 Å². The standard InChI is InChI=1S/C18H19ClN4O5S/c1-18(2,3)28-17(26)21-13-8-10(4-6-12(13)19)27-11-5-7-14(20-9-11)22-15(29)23-16(24)25/h4-9H,1-3H3,(H,21,26)(H,24,25)(H2,20,22,23,29). The number of pyridine rings is 1. The van der Waals surface area contributed by atoms with E-state index in [0.717, 1.165) is 0 Å². The van der Waals surface area contributed by atoms with Gasteiger partial charge in [-0.3, -0.25) is 10.6 Å². The molecular formula is C18H19ClN4O5S. The fourth-order valence-corrected chi connectivity index (χ4v) is 2.33. The van der Waals surface area contributed by atoms with Gasteiger partial charge in [0, 0.05) is 6.07 Å². The van der Waals surface area contributed by atoms with Crippen LogP contribution in [0.25, 0.3) is 0 Å². The van der Waals surface area contributed by atoms with Gasteiger partial charge in [0.05, 0.1) is 16.9 Å². The molecule has 0 radical (unpaired) electrons. The fourth-order valence-electron chi connectivity index (χ4n) is 1.97. The van der Waals surface area contributed by atoms with Crippen molar-refractivity contribution in [2.75, 3.05) is 10.6 Å². The highest BCUT2D eigenvalue weighted by Crippen LogP contribution is 2.30. The van der Waals surface area contributed by atoms with Crippen LogP contribution >= 0.6 is 23.8 Å². The molecule has 0 saturated carbocycles. The molecule has 2 rings (SSSR count). The number of thiocarbonyl (C=S) groups is 1. The van der Waals surface area contributed by atoms with E-state index in [9.17, 15) is 9.59 Å². The molecule has 0 fully saturated rings. The molecule has 0 aliphatic carbocycles. The molecule has 0 atom stereocenters. The van der Waals surface area contributed by atoms with E-state index in [-0.39, 0.29) is 5.11 Å². The van der Waals surface area contributed by atoms with Crippen molar-refractivity contribution in [1.29, 1.82) is 0 Å². The second kappa shape index (κ2) is 9.39. The smallest absolute Gasteiger partial charge is 0.412 e. The molecule has 1 heterocycles. The first-order valence-electron chi connectivity index (χ1n) is 8.26. The fraction of sp³-hybridized carbons (Fsp3) is 0.222. The van der Waals surface area contributed by atoms with Gasteiger partial charge in [-0.05, 0) is 57.3 Å². The first-order valence-corrected chi connectivity index (χ1v) is 9.05. The number of benzene rings is 1. The molecule has 1 aromatic heterocycles. The van der Waals surface area contributed by atoms with Crippen LogP contribution in [0.1, 0.15) is 20.8 Å². The second-order valence-electron chi connectivity index (χ2n) is 6.63. The van der Waals surface area contributed by atoms with E-state index in [0.29, 0.717) is 28.0 Å². The Morgan fingerprint density at radius 1 is 1.14 bits per heavy atom. The summed E-state index contributed by atoms with van der Waals surface area (Å²) in [5.41, 5.74) is -0.316. The van der Waals surface area contributed by atoms with Crippen molar-refractivity contribution in [3.8, 4) is 11.5 Å². The van der Waals surface area contributed by atoms with Gasteiger partial charge in [0.2, 0.25) is 0 Å². The van der Waals surface area contributed by atoms with Crippen LogP contribution < -0.4 is 20.7 Å². The molecule has 2 amide bonds. The first kappa shape index (κ1) is 22.2. The monoisotopic (exact) mass is 438 g/mol. The Hall–Kier alpha value is -3.11. The largest absolute Gasteiger partial charge is 0.465 e. The minimum atomic E-state index is -1.28. The topological polar surface area (TPSA) is 122 Å². The Morgan fingerprint density at radius 2 is 1.83 bits per heavy atom. The van der Waals surface area contributed by atoms with Gasteiger partial charge in [-0.15, -0.1) is 0 Å². The minimum absolute atomic E-state index is 0.103. The van der Waals surface area contributed by atoms with Gasteiger partial charge in [-0.1, -0.05) is 11.6 Å². The summed E-state index contributed by atoms with van der Waals surface area (Å²) in [5, 5.41) is 16.0. The summed E-state index contributed by atoms with van der Waals surface area (Å²) in [4.78, 5) is 26.5. The van der Waals surface area contributed by atoms with E-state index < -0.39 is 17.8 Å². The Kier molecular flexibility index (Phi) is 7.18. The number of carbonyl (C=O) groups is 2. The Morgan fingerprint density at radius 3 is 2.41 bits per heavy atom. The number of rotatable bonds is 4. The van der Waals surface area contributed by atoms with Crippen molar-refractivity contribution >= 4 is 52.6 Å². The molecule has 0 aliphatic heterocycles. The Bertz CT molecular complexity index is 915. The number of amides is 2. The number of hydrogen-bond acceptors (Lipinski definition) is 6. The van der Waals surface area contributed by atoms with Crippen LogP contribution in [-0.2, 0) is 4.74 Å². The summed E-state index contributed by atoms with van der Waals surface area (Å²) in [7, 11) is 0. The molecule has 0 spiro atoms. The predicted octanol–water partition coefficient (Wildman–Crippen LogP) is 4.84. The second-order valence-corrected chi connectivity index (χ2v) is 7.45. The van der Waals surface area contributed by atoms with Crippen LogP contribution in [0.4, 0.5) is 21.1 Å². The lowest BCUT2D eigenvalue weighted by atomic mass is 10.2. The van der Waals surface area contributed by atoms with E-state index in [1.807, 2.05) is 5.32 Å². The van der Waals surface area contributed by atoms with E-state index in [2.05, 4.69) is 15.6 Å². The third-order valence-corrected chi connectivity index (χ3v) is 3.54. The van der Waals surface area contributed by atoms with Crippen LogP contribution in [-0.4, -0.2) is 33.0 Å². The highest BCUT2D eigenvalue weighted by Gasteiger charge is 2.17. The van der Waals surface area contributed by atoms with Crippen LogP contribution in [0.3, 0.4) is 0 Å². The van der Waals surface area contributed by atoms with Gasteiger partial charge >= 0.3 is 12.2 Å². The number of carbonyl (C=O) groups excluding carboxylic acids is 1. The summed E-state index contributed by atoms with van der Waals surface area (Å²) in [5.74, 6) is 1.14. The zero-order valence-electron chi connectivity index (χ0n) is 15.8. The van der Waals surface area contributed by atoms with Gasteiger partial charge < -0.3 is 19.9 Å². The third-order valence-electron chi connectivity index (χ3n) is 3.01. The molecule has 0 bridgehead atoms. The summed E-state index contributed by atoms with van der Waals surface area (Å²) < 4.78 is 10.9. The van der Waals surface area contributed by atoms with Crippen molar-refractivity contribution in [2.45, 2.75) is 26.4 Å². The van der Waals surface area contributed by atoms with Crippen molar-refractivity contribution < 1.29 is 24.2 Å². The number of halogens is 1. The molecule has 1 aromatic carbocycles. The number of nitrogens with one attached hydrogen (secondary N) is 3. The Balaban J connectivity index is 2.04. The zero-order chi connectivity index (χ0) is 21.6. The highest BCUT2D eigenvalue weighted by molar-refractivity contribution is 7.80. The lowest BCUT2D eigenvalue weighted by Crippen LogP contribution is -2.32. The molecule has 4 N–H and O–H groups in total. The molecular weight excluding hydrogens is 420 g/mol. The number of hydrogen-bond donors (Lipinski definition) is 4. The number of aromatic nitrogens is 1. The third kappa shape index (κ3) is 7.80. The van der Waals surface area contributed by atoms with Crippen molar-refractivity contribution in [2.24, 2.45) is 0 Å². The van der Waals surface area contributed by atoms with Crippen molar-refractivity contribution in [3.63, 3.8) is 0 Å². The maximum absolute atomic E-state index is 11.9. The van der Waals surface area contributed by atoms with Crippen molar-refractivity contribution in [3.05, 3.63) is 41.6 Å². The SMILES string of the molecule is CC(C)(C)OC(=O)Nc1cc(Oc2ccc(NC(=S)NC(=O)O)nc2)ccc1Cl. The minimum Gasteiger partial charge on any atom is -0.465 e. The van der Waals surface area contributed by atoms with Crippen LogP contribution in [0, 0.1) is 0 Å². The van der Waals surface area contributed by atoms with Gasteiger partial charge in [-0.25, -0.2) is 14.6 Å². The molecule has 11 heteroatoms. The van der Waals surface area contributed by atoms with Crippen LogP contribution in [0.5, 0.6) is 11.5 Å². The normalized spacial score (nSPS) is 10.6. The van der Waals surface area contributed by atoms with Crippen LogP contribution in [0.15, 0.2) is 36.5 Å². The molecule has 2 aromatic rings. The molecule has 29 heavy (non-hydrogen) atoms. The Labute approximate surface area is 177 Å². The lowest BCUT2D eigenvalue weighted by Gasteiger charge is -2.20. The molecule has 154 valence electrons. The quantitative estimate of drug-likeness (QED) is 0.500. The summed E-state index contributed by atoms with van der Waals surface area (Å²) in [6.07, 6.45) is -0.498. The van der Waals surface area contributed by atoms with Gasteiger partial charge in [0.1, 0.15) is 22.9 Å². The maximum Gasteiger partial charge on any atom is 0.412 e. The summed E-state index contributed by atoms with van der Waals surface area (Å²) in [6, 6.07) is 7.91. The van der Waals surface area contributed by atoms with E-state index in [1.54, 1.807) is 51.1 Å². The maximum atomic E-state index is 11.9. The number of anilines is 2. The van der Waals surface area contributed by atoms with Crippen LogP contribution in [0.2, 0.25) is 5.02 Å². The van der Waals surface area contributed by atoms with Crippen molar-refractivity contribution in [1.82, 2.24) is 10.3 Å². The molecule has 0 aliphatic rings. The average Bonchev–Trinajstić information content (AvgIpc) is 2.57. The predicted molar refractivity (Wildman–Crippen MR) is 113 cm³/mol. The highest BCUT2D eigenvalue weighted by atomic mass is 35.5. The van der Waals surface area contributed by atoms with Gasteiger partial charge in [0.25, 0.3) is 0 Å². The molecule has 0 saturated heterocycles. The molecule has 0 unspecified atom stereocenters. The summed E-state index contributed by atoms with van der Waals surface area (Å²) in [6.45, 7) is 5.26. The lowest BCUT2D eigenvalue weighted by molar-refractivity contribution is 0.0636. The average molecular weight is 439 g/mol. The number of ether oxygens (including phenoxy) is 2. The number of carboxylic acid groups (broad SMARTS) is 1. The molecule has 9 nitrogen and oxygen atoms in total. The number of nitrogens with zero attached hydrogens (tertiary/aromatic N) is 1.